The number of hydrogen-bond donors (Lipinski definition) is 0. The lowest BCUT2D eigenvalue weighted by molar-refractivity contribution is 0.0725. The maximum atomic E-state index is 13.2. The molecule has 0 saturated carbocycles. The highest BCUT2D eigenvalue weighted by Crippen LogP contribution is 2.27. The van der Waals surface area contributed by atoms with Crippen molar-refractivity contribution in [3.8, 4) is 0 Å². The molecule has 3 heteroatoms. The third-order valence-electron chi connectivity index (χ3n) is 5.63. The topological polar surface area (TPSA) is 23.6 Å². The number of amides is 1. The number of anilines is 1. The normalized spacial score (nSPS) is 20.3. The number of fused-ring (bicyclic) bond motifs is 1. The van der Waals surface area contributed by atoms with E-state index in [1.807, 2.05) is 17.0 Å². The molecule has 1 amide bonds. The SMILES string of the molecule is CC1CN(C(=O)c2cccc3c2CCCC3)CCN1c1ccccc1. The molecular weight excluding hydrogens is 308 g/mol. The van der Waals surface area contributed by atoms with E-state index in [4.69, 9.17) is 0 Å². The molecule has 130 valence electrons. The maximum absolute atomic E-state index is 13.2. The summed E-state index contributed by atoms with van der Waals surface area (Å²) in [4.78, 5) is 17.6. The second-order valence-electron chi connectivity index (χ2n) is 7.28. The molecule has 0 bridgehead atoms. The maximum Gasteiger partial charge on any atom is 0.254 e. The van der Waals surface area contributed by atoms with Gasteiger partial charge in [-0.2, -0.15) is 0 Å². The lowest BCUT2D eigenvalue weighted by atomic mass is 9.88. The smallest absolute Gasteiger partial charge is 0.254 e. The highest BCUT2D eigenvalue weighted by molar-refractivity contribution is 5.96. The fourth-order valence-corrected chi connectivity index (χ4v) is 4.30. The van der Waals surface area contributed by atoms with E-state index >= 15 is 0 Å². The van der Waals surface area contributed by atoms with Crippen LogP contribution in [0.5, 0.6) is 0 Å². The molecule has 0 N–H and O–H groups in total. The Hall–Kier alpha value is -2.29. The van der Waals surface area contributed by atoms with E-state index in [0.717, 1.165) is 38.0 Å². The molecule has 1 unspecified atom stereocenters. The molecule has 3 nitrogen and oxygen atoms in total. The number of carbonyl (C=O) groups is 1. The molecular formula is C22H26N2O. The molecule has 2 aliphatic rings. The number of hydrogen-bond acceptors (Lipinski definition) is 2. The van der Waals surface area contributed by atoms with Gasteiger partial charge in [-0.05, 0) is 61.9 Å². The number of benzene rings is 2. The number of rotatable bonds is 2. The molecule has 2 aromatic carbocycles. The Labute approximate surface area is 150 Å². The molecule has 25 heavy (non-hydrogen) atoms. The first-order chi connectivity index (χ1) is 12.2. The van der Waals surface area contributed by atoms with Gasteiger partial charge in [0.05, 0.1) is 0 Å². The third-order valence-corrected chi connectivity index (χ3v) is 5.63. The van der Waals surface area contributed by atoms with E-state index in [0.29, 0.717) is 6.04 Å². The Balaban J connectivity index is 1.52. The van der Waals surface area contributed by atoms with Gasteiger partial charge >= 0.3 is 0 Å². The van der Waals surface area contributed by atoms with Crippen LogP contribution in [0.4, 0.5) is 5.69 Å². The average Bonchev–Trinajstić information content (AvgIpc) is 2.67. The molecule has 1 atom stereocenters. The first-order valence-electron chi connectivity index (χ1n) is 9.46. The van der Waals surface area contributed by atoms with E-state index < -0.39 is 0 Å². The molecule has 1 aliphatic carbocycles. The molecule has 1 fully saturated rings. The van der Waals surface area contributed by atoms with Gasteiger partial charge in [-0.3, -0.25) is 4.79 Å². The summed E-state index contributed by atoms with van der Waals surface area (Å²) in [5, 5.41) is 0. The minimum atomic E-state index is 0.221. The Bertz CT molecular complexity index is 756. The number of carbonyl (C=O) groups excluding carboxylic acids is 1. The summed E-state index contributed by atoms with van der Waals surface area (Å²) in [6.07, 6.45) is 4.62. The second-order valence-corrected chi connectivity index (χ2v) is 7.28. The number of aryl methyl sites for hydroxylation is 1. The molecule has 1 saturated heterocycles. The summed E-state index contributed by atoms with van der Waals surface area (Å²) in [5.74, 6) is 0.221. The van der Waals surface area contributed by atoms with Gasteiger partial charge in [0.25, 0.3) is 5.91 Å². The van der Waals surface area contributed by atoms with Crippen LogP contribution in [0.25, 0.3) is 0 Å². The van der Waals surface area contributed by atoms with E-state index in [1.54, 1.807) is 0 Å². The monoisotopic (exact) mass is 334 g/mol. The molecule has 4 rings (SSSR count). The highest BCUT2D eigenvalue weighted by Gasteiger charge is 2.29. The average molecular weight is 334 g/mol. The van der Waals surface area contributed by atoms with Crippen LogP contribution < -0.4 is 4.90 Å². The molecule has 2 aromatic rings. The number of para-hydroxylation sites is 1. The largest absolute Gasteiger partial charge is 0.365 e. The van der Waals surface area contributed by atoms with Crippen LogP contribution in [-0.2, 0) is 12.8 Å². The van der Waals surface area contributed by atoms with Gasteiger partial charge in [0.1, 0.15) is 0 Å². The van der Waals surface area contributed by atoms with Crippen molar-refractivity contribution in [2.75, 3.05) is 24.5 Å². The van der Waals surface area contributed by atoms with Crippen molar-refractivity contribution in [2.45, 2.75) is 38.6 Å². The first-order valence-corrected chi connectivity index (χ1v) is 9.46. The van der Waals surface area contributed by atoms with Gasteiger partial charge in [0.15, 0.2) is 0 Å². The summed E-state index contributed by atoms with van der Waals surface area (Å²) >= 11 is 0. The number of nitrogens with zero attached hydrogens (tertiary/aromatic N) is 2. The zero-order valence-electron chi connectivity index (χ0n) is 14.9. The Morgan fingerprint density at radius 3 is 2.56 bits per heavy atom. The van der Waals surface area contributed by atoms with Crippen LogP contribution in [0, 0.1) is 0 Å². The third kappa shape index (κ3) is 3.15. The lowest BCUT2D eigenvalue weighted by Crippen LogP contribution is -2.54. The van der Waals surface area contributed by atoms with Gasteiger partial charge in [-0.15, -0.1) is 0 Å². The summed E-state index contributed by atoms with van der Waals surface area (Å²) in [5.41, 5.74) is 4.88. The van der Waals surface area contributed by atoms with Crippen LogP contribution in [0.3, 0.4) is 0 Å². The van der Waals surface area contributed by atoms with Crippen molar-refractivity contribution < 1.29 is 4.79 Å². The Morgan fingerprint density at radius 1 is 0.960 bits per heavy atom. The molecule has 1 aliphatic heterocycles. The molecule has 0 aromatic heterocycles. The summed E-state index contributed by atoms with van der Waals surface area (Å²) in [7, 11) is 0. The van der Waals surface area contributed by atoms with Gasteiger partial charge in [0, 0.05) is 36.9 Å². The number of piperazine rings is 1. The molecule has 0 radical (unpaired) electrons. The standard InChI is InChI=1S/C22H26N2O/c1-17-16-23(14-15-24(17)19-10-3-2-4-11-19)22(25)21-13-7-9-18-8-5-6-12-20(18)21/h2-4,7,9-11,13,17H,5-6,8,12,14-16H2,1H3. The Kier molecular flexibility index (Phi) is 4.48. The second kappa shape index (κ2) is 6.91. The van der Waals surface area contributed by atoms with Crippen molar-refractivity contribution in [2.24, 2.45) is 0 Å². The zero-order valence-corrected chi connectivity index (χ0v) is 14.9. The first kappa shape index (κ1) is 16.2. The van der Waals surface area contributed by atoms with Crippen molar-refractivity contribution in [3.05, 3.63) is 65.2 Å². The van der Waals surface area contributed by atoms with E-state index in [-0.39, 0.29) is 5.91 Å². The minimum absolute atomic E-state index is 0.221. The lowest BCUT2D eigenvalue weighted by Gasteiger charge is -2.41. The van der Waals surface area contributed by atoms with E-state index in [2.05, 4.69) is 48.2 Å². The van der Waals surface area contributed by atoms with Crippen LogP contribution in [0.2, 0.25) is 0 Å². The fourth-order valence-electron chi connectivity index (χ4n) is 4.30. The minimum Gasteiger partial charge on any atom is -0.365 e. The van der Waals surface area contributed by atoms with Crippen molar-refractivity contribution in [1.29, 1.82) is 0 Å². The molecule has 1 heterocycles. The van der Waals surface area contributed by atoms with Crippen LogP contribution in [0.1, 0.15) is 41.3 Å². The van der Waals surface area contributed by atoms with E-state index in [9.17, 15) is 4.79 Å². The van der Waals surface area contributed by atoms with Crippen LogP contribution >= 0.6 is 0 Å². The van der Waals surface area contributed by atoms with Gasteiger partial charge in [0.2, 0.25) is 0 Å². The molecule has 0 spiro atoms. The highest BCUT2D eigenvalue weighted by atomic mass is 16.2. The summed E-state index contributed by atoms with van der Waals surface area (Å²) < 4.78 is 0. The quantitative estimate of drug-likeness (QED) is 0.831. The van der Waals surface area contributed by atoms with E-state index in [1.165, 1.54) is 29.7 Å². The van der Waals surface area contributed by atoms with Crippen molar-refractivity contribution in [1.82, 2.24) is 4.90 Å². The van der Waals surface area contributed by atoms with Gasteiger partial charge in [-0.25, -0.2) is 0 Å². The van der Waals surface area contributed by atoms with Gasteiger partial charge in [-0.1, -0.05) is 30.3 Å². The van der Waals surface area contributed by atoms with Crippen LogP contribution in [0.15, 0.2) is 48.5 Å². The predicted molar refractivity (Wildman–Crippen MR) is 102 cm³/mol. The van der Waals surface area contributed by atoms with Crippen LogP contribution in [-0.4, -0.2) is 36.5 Å². The van der Waals surface area contributed by atoms with Crippen molar-refractivity contribution >= 4 is 11.6 Å². The van der Waals surface area contributed by atoms with Crippen molar-refractivity contribution in [3.63, 3.8) is 0 Å². The Morgan fingerprint density at radius 2 is 1.76 bits per heavy atom. The zero-order chi connectivity index (χ0) is 17.2. The summed E-state index contributed by atoms with van der Waals surface area (Å²) in [6, 6.07) is 17.1. The summed E-state index contributed by atoms with van der Waals surface area (Å²) in [6.45, 7) is 4.69. The van der Waals surface area contributed by atoms with Gasteiger partial charge < -0.3 is 9.80 Å². The fraction of sp³-hybridized carbons (Fsp3) is 0.409. The predicted octanol–water partition coefficient (Wildman–Crippen LogP) is 3.92.